The van der Waals surface area contributed by atoms with E-state index in [1.165, 1.54) is 11.1 Å². The maximum atomic E-state index is 11.2. The summed E-state index contributed by atoms with van der Waals surface area (Å²) in [5.41, 5.74) is 3.22. The first-order valence-corrected chi connectivity index (χ1v) is 5.30. The van der Waals surface area contributed by atoms with Gasteiger partial charge in [-0.25, -0.2) is 4.79 Å². The van der Waals surface area contributed by atoms with E-state index in [0.717, 1.165) is 12.0 Å². The van der Waals surface area contributed by atoms with E-state index in [2.05, 4.69) is 19.1 Å². The predicted octanol–water partition coefficient (Wildman–Crippen LogP) is 2.85. The van der Waals surface area contributed by atoms with Gasteiger partial charge in [0.05, 0.1) is 0 Å². The highest BCUT2D eigenvalue weighted by Crippen LogP contribution is 2.13. The third-order valence-corrected chi connectivity index (χ3v) is 2.61. The lowest BCUT2D eigenvalue weighted by Gasteiger charge is -2.05. The third kappa shape index (κ3) is 2.40. The minimum Gasteiger partial charge on any atom is -0.428 e. The smallest absolute Gasteiger partial charge is 0.336 e. The highest BCUT2D eigenvalue weighted by Gasteiger charge is 2.02. The van der Waals surface area contributed by atoms with Gasteiger partial charge in [-0.05, 0) is 43.0 Å². The van der Waals surface area contributed by atoms with Gasteiger partial charge in [0.1, 0.15) is 5.76 Å². The van der Waals surface area contributed by atoms with Crippen LogP contribution >= 0.6 is 0 Å². The van der Waals surface area contributed by atoms with Crippen LogP contribution in [-0.4, -0.2) is 0 Å². The molecule has 82 valence electrons. The van der Waals surface area contributed by atoms with Crippen molar-refractivity contribution in [2.45, 2.75) is 20.3 Å². The first-order valence-electron chi connectivity index (χ1n) is 5.30. The largest absolute Gasteiger partial charge is 0.428 e. The molecule has 1 aromatic heterocycles. The van der Waals surface area contributed by atoms with Crippen molar-refractivity contribution in [2.24, 2.45) is 0 Å². The summed E-state index contributed by atoms with van der Waals surface area (Å²) in [6, 6.07) is 11.7. The van der Waals surface area contributed by atoms with Gasteiger partial charge in [-0.15, -0.1) is 0 Å². The fraction of sp³-hybridized carbons (Fsp3) is 0.214. The van der Waals surface area contributed by atoms with Crippen LogP contribution in [0.1, 0.15) is 22.5 Å². The molecule has 2 heteroatoms. The summed E-state index contributed by atoms with van der Waals surface area (Å²) in [5.74, 6) is 0.663. The molecule has 0 aliphatic rings. The Balaban J connectivity index is 2.34. The summed E-state index contributed by atoms with van der Waals surface area (Å²) in [6.07, 6.45) is 0.777. The van der Waals surface area contributed by atoms with E-state index >= 15 is 0 Å². The average molecular weight is 214 g/mol. The molecule has 1 heterocycles. The molecule has 0 bridgehead atoms. The minimum atomic E-state index is -0.274. The summed E-state index contributed by atoms with van der Waals surface area (Å²) in [7, 11) is 0. The van der Waals surface area contributed by atoms with Gasteiger partial charge in [0.25, 0.3) is 0 Å². The first-order chi connectivity index (χ1) is 7.65. The second kappa shape index (κ2) is 4.35. The van der Waals surface area contributed by atoms with Crippen LogP contribution in [0.3, 0.4) is 0 Å². The zero-order valence-corrected chi connectivity index (χ0v) is 9.49. The van der Waals surface area contributed by atoms with Crippen LogP contribution < -0.4 is 5.63 Å². The number of rotatable bonds is 2. The molecule has 16 heavy (non-hydrogen) atoms. The summed E-state index contributed by atoms with van der Waals surface area (Å²) in [5, 5.41) is 0. The summed E-state index contributed by atoms with van der Waals surface area (Å²) >= 11 is 0. The lowest BCUT2D eigenvalue weighted by molar-refractivity contribution is 0.478. The van der Waals surface area contributed by atoms with Crippen LogP contribution in [-0.2, 0) is 6.42 Å². The molecule has 2 nitrogen and oxygen atoms in total. The lowest BCUT2D eigenvalue weighted by Crippen LogP contribution is -2.01. The van der Waals surface area contributed by atoms with Gasteiger partial charge >= 0.3 is 5.63 Å². The fourth-order valence-corrected chi connectivity index (χ4v) is 1.80. The third-order valence-electron chi connectivity index (χ3n) is 2.61. The number of aryl methyl sites for hydroxylation is 2. The van der Waals surface area contributed by atoms with E-state index in [1.807, 2.05) is 18.2 Å². The lowest BCUT2D eigenvalue weighted by atomic mass is 10.0. The van der Waals surface area contributed by atoms with E-state index < -0.39 is 0 Å². The molecule has 0 unspecified atom stereocenters. The highest BCUT2D eigenvalue weighted by molar-refractivity contribution is 5.31. The average Bonchev–Trinajstić information content (AvgIpc) is 2.20. The van der Waals surface area contributed by atoms with Crippen LogP contribution in [0.15, 0.2) is 45.6 Å². The second-order valence-corrected chi connectivity index (χ2v) is 4.00. The maximum absolute atomic E-state index is 11.2. The Labute approximate surface area is 94.5 Å². The monoisotopic (exact) mass is 214 g/mol. The summed E-state index contributed by atoms with van der Waals surface area (Å²) in [6.45, 7) is 3.87. The van der Waals surface area contributed by atoms with Crippen molar-refractivity contribution >= 4 is 0 Å². The van der Waals surface area contributed by atoms with Crippen molar-refractivity contribution in [3.8, 4) is 0 Å². The van der Waals surface area contributed by atoms with Gasteiger partial charge in [-0.3, -0.25) is 0 Å². The van der Waals surface area contributed by atoms with Crippen LogP contribution in [0.2, 0.25) is 0 Å². The van der Waals surface area contributed by atoms with Gasteiger partial charge in [-0.2, -0.15) is 0 Å². The van der Waals surface area contributed by atoms with Crippen molar-refractivity contribution in [1.82, 2.24) is 0 Å². The zero-order chi connectivity index (χ0) is 11.5. The van der Waals surface area contributed by atoms with Crippen molar-refractivity contribution < 1.29 is 4.42 Å². The van der Waals surface area contributed by atoms with Crippen molar-refractivity contribution in [1.29, 1.82) is 0 Å². The van der Waals surface area contributed by atoms with Crippen LogP contribution in [0.25, 0.3) is 0 Å². The SMILES string of the molecule is Cc1cc(Cc2ccccc2C)cc(=O)o1. The normalized spacial score (nSPS) is 10.4. The van der Waals surface area contributed by atoms with E-state index in [4.69, 9.17) is 4.42 Å². The maximum Gasteiger partial charge on any atom is 0.336 e. The Hall–Kier alpha value is -1.83. The molecule has 0 aliphatic heterocycles. The topological polar surface area (TPSA) is 30.2 Å². The van der Waals surface area contributed by atoms with E-state index in [0.29, 0.717) is 5.76 Å². The Morgan fingerprint density at radius 2 is 1.88 bits per heavy atom. The van der Waals surface area contributed by atoms with Crippen molar-refractivity contribution in [3.05, 3.63) is 69.3 Å². The Bertz CT molecular complexity index is 553. The van der Waals surface area contributed by atoms with Crippen LogP contribution in [0.4, 0.5) is 0 Å². The van der Waals surface area contributed by atoms with Crippen molar-refractivity contribution in [2.75, 3.05) is 0 Å². The van der Waals surface area contributed by atoms with Gasteiger partial charge in [-0.1, -0.05) is 24.3 Å². The number of benzene rings is 1. The molecule has 0 saturated carbocycles. The van der Waals surface area contributed by atoms with Gasteiger partial charge in [0.15, 0.2) is 0 Å². The number of hydrogen-bond donors (Lipinski definition) is 0. The Morgan fingerprint density at radius 3 is 2.56 bits per heavy atom. The van der Waals surface area contributed by atoms with Crippen LogP contribution in [0, 0.1) is 13.8 Å². The van der Waals surface area contributed by atoms with Crippen molar-refractivity contribution in [3.63, 3.8) is 0 Å². The van der Waals surface area contributed by atoms with Crippen LogP contribution in [0.5, 0.6) is 0 Å². The summed E-state index contributed by atoms with van der Waals surface area (Å²) < 4.78 is 4.93. The molecule has 0 spiro atoms. The minimum absolute atomic E-state index is 0.274. The molecule has 0 fully saturated rings. The molecule has 0 N–H and O–H groups in total. The second-order valence-electron chi connectivity index (χ2n) is 4.00. The molecular formula is C14H14O2. The Morgan fingerprint density at radius 1 is 1.12 bits per heavy atom. The molecule has 0 aliphatic carbocycles. The molecule has 0 atom stereocenters. The van der Waals surface area contributed by atoms with E-state index in [9.17, 15) is 4.79 Å². The molecule has 0 amide bonds. The van der Waals surface area contributed by atoms with Gasteiger partial charge in [0, 0.05) is 6.07 Å². The van der Waals surface area contributed by atoms with Gasteiger partial charge < -0.3 is 4.42 Å². The predicted molar refractivity (Wildman–Crippen MR) is 63.7 cm³/mol. The quantitative estimate of drug-likeness (QED) is 0.769. The van der Waals surface area contributed by atoms with Gasteiger partial charge in [0.2, 0.25) is 0 Å². The molecule has 2 rings (SSSR count). The number of hydrogen-bond acceptors (Lipinski definition) is 2. The Kier molecular flexibility index (Phi) is 2.91. The fourth-order valence-electron chi connectivity index (χ4n) is 1.80. The zero-order valence-electron chi connectivity index (χ0n) is 9.49. The molecule has 2 aromatic rings. The van der Waals surface area contributed by atoms with E-state index in [-0.39, 0.29) is 5.63 Å². The molecule has 0 radical (unpaired) electrons. The molecule has 0 saturated heterocycles. The molecular weight excluding hydrogens is 200 g/mol. The van der Waals surface area contributed by atoms with E-state index in [1.54, 1.807) is 13.0 Å². The standard InChI is InChI=1S/C14H14O2/c1-10-5-3-4-6-13(10)8-12-7-11(2)16-14(15)9-12/h3-7,9H,8H2,1-2H3. The molecule has 1 aromatic carbocycles. The first kappa shape index (κ1) is 10.7. The summed E-state index contributed by atoms with van der Waals surface area (Å²) in [4.78, 5) is 11.2. The highest BCUT2D eigenvalue weighted by atomic mass is 16.4.